The highest BCUT2D eigenvalue weighted by molar-refractivity contribution is 7.89. The lowest BCUT2D eigenvalue weighted by Crippen LogP contribution is -2.36. The van der Waals surface area contributed by atoms with Crippen molar-refractivity contribution >= 4 is 37.5 Å². The van der Waals surface area contributed by atoms with Crippen LogP contribution in [-0.2, 0) is 26.0 Å². The average molecular weight is 528 g/mol. The Kier molecular flexibility index (Phi) is 9.25. The second-order valence-electron chi connectivity index (χ2n) is 7.60. The summed E-state index contributed by atoms with van der Waals surface area (Å²) in [5.74, 6) is -2.05. The summed E-state index contributed by atoms with van der Waals surface area (Å²) in [5, 5.41) is 0. The average Bonchev–Trinajstić information content (AvgIpc) is 3.16. The second kappa shape index (κ2) is 12.0. The molecule has 2 aromatic carbocycles. The van der Waals surface area contributed by atoms with Crippen molar-refractivity contribution in [1.29, 1.82) is 0 Å². The molecule has 0 bridgehead atoms. The minimum Gasteiger partial charge on any atom is -0.383 e. The van der Waals surface area contributed by atoms with E-state index in [0.717, 1.165) is 17.4 Å². The maximum atomic E-state index is 14.4. The van der Waals surface area contributed by atoms with E-state index in [1.165, 1.54) is 48.9 Å². The van der Waals surface area contributed by atoms with E-state index in [9.17, 15) is 22.0 Å². The molecular weight excluding hydrogens is 500 g/mol. The van der Waals surface area contributed by atoms with E-state index in [1.54, 1.807) is 4.57 Å². The van der Waals surface area contributed by atoms with Crippen LogP contribution in [0.1, 0.15) is 23.7 Å². The van der Waals surface area contributed by atoms with Gasteiger partial charge in [-0.1, -0.05) is 18.3 Å². The summed E-state index contributed by atoms with van der Waals surface area (Å²) in [6, 6.07) is 7.43. The van der Waals surface area contributed by atoms with Crippen molar-refractivity contribution in [2.24, 2.45) is 4.99 Å². The van der Waals surface area contributed by atoms with Crippen LogP contribution in [-0.4, -0.2) is 63.7 Å². The highest BCUT2D eigenvalue weighted by Crippen LogP contribution is 2.23. The number of ether oxygens (including phenoxy) is 2. The number of carbonyl (C=O) groups is 1. The Balaban J connectivity index is 1.94. The van der Waals surface area contributed by atoms with E-state index in [0.29, 0.717) is 17.7 Å². The third-order valence-electron chi connectivity index (χ3n) is 5.17. The SMILES string of the molecule is CCCn1c(=NC(=O)c2ccc(S(=O)(=O)N(CCOC)CCOC)cc2)sc2cc(F)cc(F)c21. The van der Waals surface area contributed by atoms with Crippen LogP contribution in [0.2, 0.25) is 0 Å². The number of sulfonamides is 1. The Hall–Kier alpha value is -2.51. The monoisotopic (exact) mass is 527 g/mol. The zero-order valence-electron chi connectivity index (χ0n) is 19.7. The van der Waals surface area contributed by atoms with Crippen molar-refractivity contribution in [3.63, 3.8) is 0 Å². The smallest absolute Gasteiger partial charge is 0.279 e. The van der Waals surface area contributed by atoms with E-state index < -0.39 is 27.6 Å². The van der Waals surface area contributed by atoms with Crippen molar-refractivity contribution in [3.05, 3.63) is 58.4 Å². The lowest BCUT2D eigenvalue weighted by molar-refractivity contribution is 0.0997. The van der Waals surface area contributed by atoms with E-state index in [4.69, 9.17) is 9.47 Å². The van der Waals surface area contributed by atoms with Gasteiger partial charge < -0.3 is 14.0 Å². The molecule has 0 saturated carbocycles. The summed E-state index contributed by atoms with van der Waals surface area (Å²) >= 11 is 1.01. The first-order chi connectivity index (χ1) is 16.7. The molecule has 3 rings (SSSR count). The van der Waals surface area contributed by atoms with Crippen LogP contribution in [0.25, 0.3) is 10.2 Å². The number of amides is 1. The van der Waals surface area contributed by atoms with Gasteiger partial charge in [0.15, 0.2) is 10.6 Å². The Morgan fingerprint density at radius 1 is 1.09 bits per heavy atom. The molecule has 0 unspecified atom stereocenters. The van der Waals surface area contributed by atoms with Gasteiger partial charge in [-0.3, -0.25) is 4.79 Å². The number of aromatic nitrogens is 1. The number of aryl methyl sites for hydroxylation is 1. The molecule has 35 heavy (non-hydrogen) atoms. The van der Waals surface area contributed by atoms with Crippen molar-refractivity contribution < 1.29 is 31.5 Å². The van der Waals surface area contributed by atoms with Gasteiger partial charge in [0.05, 0.1) is 28.3 Å². The van der Waals surface area contributed by atoms with Gasteiger partial charge in [-0.05, 0) is 36.8 Å². The van der Waals surface area contributed by atoms with Gasteiger partial charge in [0.1, 0.15) is 5.82 Å². The number of nitrogens with zero attached hydrogens (tertiary/aromatic N) is 3. The third kappa shape index (κ3) is 6.19. The van der Waals surface area contributed by atoms with Crippen LogP contribution in [0, 0.1) is 11.6 Å². The molecule has 1 heterocycles. The molecule has 190 valence electrons. The summed E-state index contributed by atoms with van der Waals surface area (Å²) in [6.45, 7) is 3.03. The van der Waals surface area contributed by atoms with E-state index in [2.05, 4.69) is 4.99 Å². The first-order valence-electron chi connectivity index (χ1n) is 10.9. The lowest BCUT2D eigenvalue weighted by atomic mass is 10.2. The van der Waals surface area contributed by atoms with E-state index in [1.807, 2.05) is 6.92 Å². The topological polar surface area (TPSA) is 90.2 Å². The molecule has 0 aliphatic carbocycles. The summed E-state index contributed by atoms with van der Waals surface area (Å²) < 4.78 is 67.3. The lowest BCUT2D eigenvalue weighted by Gasteiger charge is -2.21. The molecule has 3 aromatic rings. The summed E-state index contributed by atoms with van der Waals surface area (Å²) in [5.41, 5.74) is 0.356. The summed E-state index contributed by atoms with van der Waals surface area (Å²) in [4.78, 5) is 17.2. The van der Waals surface area contributed by atoms with Gasteiger partial charge in [0.25, 0.3) is 5.91 Å². The molecule has 12 heteroatoms. The summed E-state index contributed by atoms with van der Waals surface area (Å²) in [7, 11) is -0.869. The van der Waals surface area contributed by atoms with E-state index in [-0.39, 0.29) is 47.1 Å². The van der Waals surface area contributed by atoms with Crippen molar-refractivity contribution in [3.8, 4) is 0 Å². The van der Waals surface area contributed by atoms with Crippen molar-refractivity contribution in [1.82, 2.24) is 8.87 Å². The molecular formula is C23H27F2N3O5S2. The normalized spacial score (nSPS) is 12.7. The fraction of sp³-hybridized carbons (Fsp3) is 0.391. The minimum absolute atomic E-state index is 0.0155. The van der Waals surface area contributed by atoms with Crippen LogP contribution in [0.4, 0.5) is 8.78 Å². The van der Waals surface area contributed by atoms with Crippen molar-refractivity contribution in [2.75, 3.05) is 40.5 Å². The maximum Gasteiger partial charge on any atom is 0.279 e. The van der Waals surface area contributed by atoms with Gasteiger partial charge >= 0.3 is 0 Å². The van der Waals surface area contributed by atoms with Gasteiger partial charge in [0.2, 0.25) is 10.0 Å². The Labute approximate surface area is 206 Å². The van der Waals surface area contributed by atoms with Crippen LogP contribution in [0.5, 0.6) is 0 Å². The quantitative estimate of drug-likeness (QED) is 0.381. The molecule has 0 fully saturated rings. The summed E-state index contributed by atoms with van der Waals surface area (Å²) in [6.07, 6.45) is 0.652. The molecule has 0 N–H and O–H groups in total. The number of methoxy groups -OCH3 is 2. The number of thiazole rings is 1. The first-order valence-corrected chi connectivity index (χ1v) is 13.1. The van der Waals surface area contributed by atoms with Crippen LogP contribution in [0.15, 0.2) is 46.3 Å². The number of hydrogen-bond donors (Lipinski definition) is 0. The first kappa shape index (κ1) is 27.1. The molecule has 0 atom stereocenters. The van der Waals surface area contributed by atoms with Crippen LogP contribution >= 0.6 is 11.3 Å². The number of rotatable bonds is 11. The number of halogens is 2. The number of hydrogen-bond acceptors (Lipinski definition) is 6. The van der Waals surface area contributed by atoms with Gasteiger partial charge in [-0.25, -0.2) is 17.2 Å². The molecule has 8 nitrogen and oxygen atoms in total. The standard InChI is InChI=1S/C23H27F2N3O5S2/c1-4-9-28-21-19(25)14-17(24)15-20(21)34-23(28)26-22(29)16-5-7-18(8-6-16)35(30,31)27(10-12-32-2)11-13-33-3/h5-8,14-15H,4,9-13H2,1-3H3. The maximum absolute atomic E-state index is 14.4. The molecule has 0 spiro atoms. The fourth-order valence-corrected chi connectivity index (χ4v) is 5.96. The molecule has 0 saturated heterocycles. The zero-order chi connectivity index (χ0) is 25.6. The highest BCUT2D eigenvalue weighted by atomic mass is 32.2. The molecule has 0 aliphatic rings. The Morgan fingerprint density at radius 3 is 2.29 bits per heavy atom. The minimum atomic E-state index is -3.83. The fourth-order valence-electron chi connectivity index (χ4n) is 3.45. The number of fused-ring (bicyclic) bond motifs is 1. The van der Waals surface area contributed by atoms with Crippen molar-refractivity contribution in [2.45, 2.75) is 24.8 Å². The molecule has 1 amide bonds. The van der Waals surface area contributed by atoms with Crippen LogP contribution in [0.3, 0.4) is 0 Å². The van der Waals surface area contributed by atoms with E-state index >= 15 is 0 Å². The Morgan fingerprint density at radius 2 is 1.71 bits per heavy atom. The third-order valence-corrected chi connectivity index (χ3v) is 8.11. The van der Waals surface area contributed by atoms with Gasteiger partial charge in [-0.2, -0.15) is 9.30 Å². The highest BCUT2D eigenvalue weighted by Gasteiger charge is 2.24. The second-order valence-corrected chi connectivity index (χ2v) is 10.5. The molecule has 0 aliphatic heterocycles. The largest absolute Gasteiger partial charge is 0.383 e. The Bertz CT molecular complexity index is 1340. The van der Waals surface area contributed by atoms with Gasteiger partial charge in [-0.15, -0.1) is 0 Å². The van der Waals surface area contributed by atoms with Gasteiger partial charge in [0, 0.05) is 45.5 Å². The molecule has 0 radical (unpaired) electrons. The predicted molar refractivity (Wildman–Crippen MR) is 129 cm³/mol. The molecule has 1 aromatic heterocycles. The number of benzene rings is 2. The number of carbonyl (C=O) groups excluding carboxylic acids is 1. The van der Waals surface area contributed by atoms with Crippen LogP contribution < -0.4 is 4.80 Å². The predicted octanol–water partition coefficient (Wildman–Crippen LogP) is 3.42. The zero-order valence-corrected chi connectivity index (χ0v) is 21.3.